The molecule has 64 valence electrons. The van der Waals surface area contributed by atoms with Crippen molar-refractivity contribution >= 4 is 0 Å². The van der Waals surface area contributed by atoms with Crippen LogP contribution in [-0.4, -0.2) is 11.2 Å². The molecule has 2 atom stereocenters. The van der Waals surface area contributed by atoms with E-state index in [1.54, 1.807) is 0 Å². The monoisotopic (exact) mass is 154 g/mol. The number of aliphatic hydroxyl groups excluding tert-OH is 1. The van der Waals surface area contributed by atoms with Crippen molar-refractivity contribution in [2.24, 2.45) is 11.3 Å². The van der Waals surface area contributed by atoms with Crippen LogP contribution in [0.15, 0.2) is 12.7 Å². The summed E-state index contributed by atoms with van der Waals surface area (Å²) in [6.07, 6.45) is 5.17. The van der Waals surface area contributed by atoms with E-state index in [0.29, 0.717) is 5.92 Å². The Morgan fingerprint density at radius 2 is 2.18 bits per heavy atom. The predicted octanol–water partition coefficient (Wildman–Crippen LogP) is 2.36. The van der Waals surface area contributed by atoms with E-state index in [1.165, 1.54) is 6.42 Å². The Bertz CT molecular complexity index is 149. The van der Waals surface area contributed by atoms with E-state index in [-0.39, 0.29) is 11.5 Å². The highest BCUT2D eigenvalue weighted by atomic mass is 16.3. The molecule has 11 heavy (non-hydrogen) atoms. The summed E-state index contributed by atoms with van der Waals surface area (Å²) in [7, 11) is 0. The van der Waals surface area contributed by atoms with Crippen molar-refractivity contribution < 1.29 is 5.11 Å². The average molecular weight is 154 g/mol. The number of hydrogen-bond acceptors (Lipinski definition) is 1. The Morgan fingerprint density at radius 1 is 1.55 bits per heavy atom. The summed E-state index contributed by atoms with van der Waals surface area (Å²) < 4.78 is 0. The molecule has 1 rings (SSSR count). The first-order chi connectivity index (χ1) is 5.08. The van der Waals surface area contributed by atoms with Gasteiger partial charge in [-0.25, -0.2) is 0 Å². The summed E-state index contributed by atoms with van der Waals surface area (Å²) in [5, 5.41) is 9.83. The topological polar surface area (TPSA) is 20.2 Å². The molecule has 0 heterocycles. The third-order valence-electron chi connectivity index (χ3n) is 2.87. The highest BCUT2D eigenvalue weighted by Crippen LogP contribution is 2.39. The van der Waals surface area contributed by atoms with Gasteiger partial charge in [-0.15, -0.1) is 6.58 Å². The smallest absolute Gasteiger partial charge is 0.0653 e. The lowest BCUT2D eigenvalue weighted by atomic mass is 9.70. The minimum atomic E-state index is -0.186. The van der Waals surface area contributed by atoms with E-state index < -0.39 is 0 Å². The van der Waals surface area contributed by atoms with Gasteiger partial charge in [0.25, 0.3) is 0 Å². The molecule has 0 aromatic rings. The second kappa shape index (κ2) is 2.98. The Kier molecular flexibility index (Phi) is 2.38. The van der Waals surface area contributed by atoms with Crippen LogP contribution >= 0.6 is 0 Å². The van der Waals surface area contributed by atoms with E-state index in [9.17, 15) is 5.11 Å². The van der Waals surface area contributed by atoms with E-state index in [4.69, 9.17) is 0 Å². The largest absolute Gasteiger partial charge is 0.392 e. The highest BCUT2D eigenvalue weighted by molar-refractivity contribution is 4.95. The van der Waals surface area contributed by atoms with Crippen LogP contribution in [0.3, 0.4) is 0 Å². The van der Waals surface area contributed by atoms with Crippen LogP contribution in [0.4, 0.5) is 0 Å². The second-order valence-corrected chi connectivity index (χ2v) is 4.23. The van der Waals surface area contributed by atoms with Crippen molar-refractivity contribution in [2.45, 2.75) is 39.2 Å². The lowest BCUT2D eigenvalue weighted by molar-refractivity contribution is -0.0154. The second-order valence-electron chi connectivity index (χ2n) is 4.23. The van der Waals surface area contributed by atoms with Crippen molar-refractivity contribution in [3.05, 3.63) is 12.7 Å². The van der Waals surface area contributed by atoms with Gasteiger partial charge in [0.15, 0.2) is 0 Å². The Labute approximate surface area is 69.1 Å². The summed E-state index contributed by atoms with van der Waals surface area (Å²) in [4.78, 5) is 0. The van der Waals surface area contributed by atoms with Gasteiger partial charge in [0.05, 0.1) is 6.10 Å². The summed E-state index contributed by atoms with van der Waals surface area (Å²) >= 11 is 0. The molecule has 1 heteroatoms. The van der Waals surface area contributed by atoms with Gasteiger partial charge in [0.1, 0.15) is 0 Å². The van der Waals surface area contributed by atoms with Gasteiger partial charge in [-0.1, -0.05) is 26.3 Å². The Hall–Kier alpha value is -0.300. The maximum absolute atomic E-state index is 9.83. The van der Waals surface area contributed by atoms with Gasteiger partial charge in [0.2, 0.25) is 0 Å². The van der Waals surface area contributed by atoms with Crippen LogP contribution in [0.2, 0.25) is 0 Å². The zero-order chi connectivity index (χ0) is 8.48. The van der Waals surface area contributed by atoms with Crippen molar-refractivity contribution in [3.63, 3.8) is 0 Å². The Balaban J connectivity index is 2.67. The molecule has 1 aliphatic carbocycles. The average Bonchev–Trinajstić information content (AvgIpc) is 1.95. The molecule has 0 amide bonds. The van der Waals surface area contributed by atoms with Gasteiger partial charge in [-0.2, -0.15) is 0 Å². The molecule has 0 radical (unpaired) electrons. The number of aliphatic hydroxyl groups is 1. The van der Waals surface area contributed by atoms with E-state index in [1.807, 2.05) is 6.08 Å². The van der Waals surface area contributed by atoms with Gasteiger partial charge in [0, 0.05) is 5.92 Å². The maximum Gasteiger partial charge on any atom is 0.0653 e. The van der Waals surface area contributed by atoms with E-state index in [0.717, 1.165) is 12.8 Å². The molecule has 0 aromatic heterocycles. The fourth-order valence-electron chi connectivity index (χ4n) is 1.93. The van der Waals surface area contributed by atoms with Crippen molar-refractivity contribution in [1.29, 1.82) is 0 Å². The van der Waals surface area contributed by atoms with Crippen molar-refractivity contribution in [2.75, 3.05) is 0 Å². The molecule has 1 aliphatic rings. The van der Waals surface area contributed by atoms with Crippen LogP contribution in [0, 0.1) is 11.3 Å². The SMILES string of the molecule is C=CC1CCCC(C)(C)C1O. The molecule has 0 saturated heterocycles. The summed E-state index contributed by atoms with van der Waals surface area (Å²) in [6, 6.07) is 0. The van der Waals surface area contributed by atoms with Gasteiger partial charge >= 0.3 is 0 Å². The molecule has 0 spiro atoms. The van der Waals surface area contributed by atoms with Gasteiger partial charge in [-0.3, -0.25) is 0 Å². The molecule has 0 aromatic carbocycles. The third kappa shape index (κ3) is 1.64. The molecule has 1 N–H and O–H groups in total. The fourth-order valence-corrected chi connectivity index (χ4v) is 1.93. The molecule has 1 saturated carbocycles. The lowest BCUT2D eigenvalue weighted by Gasteiger charge is -2.39. The summed E-state index contributed by atoms with van der Waals surface area (Å²) in [6.45, 7) is 8.00. The Morgan fingerprint density at radius 3 is 2.64 bits per heavy atom. The third-order valence-corrected chi connectivity index (χ3v) is 2.87. The van der Waals surface area contributed by atoms with Gasteiger partial charge in [-0.05, 0) is 18.3 Å². The van der Waals surface area contributed by atoms with Crippen LogP contribution in [-0.2, 0) is 0 Å². The zero-order valence-corrected chi connectivity index (χ0v) is 7.51. The van der Waals surface area contributed by atoms with Crippen LogP contribution < -0.4 is 0 Å². The molecule has 1 fully saturated rings. The number of rotatable bonds is 1. The van der Waals surface area contributed by atoms with E-state index in [2.05, 4.69) is 20.4 Å². The molecular weight excluding hydrogens is 136 g/mol. The van der Waals surface area contributed by atoms with Crippen LogP contribution in [0.25, 0.3) is 0 Å². The fraction of sp³-hybridized carbons (Fsp3) is 0.800. The van der Waals surface area contributed by atoms with Gasteiger partial charge < -0.3 is 5.11 Å². The predicted molar refractivity (Wildman–Crippen MR) is 47.3 cm³/mol. The first-order valence-corrected chi connectivity index (χ1v) is 4.38. The van der Waals surface area contributed by atoms with Crippen LogP contribution in [0.5, 0.6) is 0 Å². The normalized spacial score (nSPS) is 36.6. The summed E-state index contributed by atoms with van der Waals surface area (Å²) in [5.41, 5.74) is 0.0944. The first-order valence-electron chi connectivity index (χ1n) is 4.38. The summed E-state index contributed by atoms with van der Waals surface area (Å²) in [5.74, 6) is 0.318. The lowest BCUT2D eigenvalue weighted by Crippen LogP contribution is -2.38. The van der Waals surface area contributed by atoms with Crippen LogP contribution in [0.1, 0.15) is 33.1 Å². The minimum Gasteiger partial charge on any atom is -0.392 e. The molecular formula is C10H18O. The molecule has 0 aliphatic heterocycles. The number of hydrogen-bond donors (Lipinski definition) is 1. The quantitative estimate of drug-likeness (QED) is 0.575. The van der Waals surface area contributed by atoms with Crippen molar-refractivity contribution in [1.82, 2.24) is 0 Å². The maximum atomic E-state index is 9.83. The molecule has 2 unspecified atom stereocenters. The molecule has 1 nitrogen and oxygen atoms in total. The minimum absolute atomic E-state index is 0.0944. The standard InChI is InChI=1S/C10H18O/c1-4-8-6-5-7-10(2,3)9(8)11/h4,8-9,11H,1,5-7H2,2-3H3. The molecule has 0 bridgehead atoms. The van der Waals surface area contributed by atoms with E-state index >= 15 is 0 Å². The first kappa shape index (κ1) is 8.79. The highest BCUT2D eigenvalue weighted by Gasteiger charge is 2.35. The zero-order valence-electron chi connectivity index (χ0n) is 7.51. The van der Waals surface area contributed by atoms with Crippen molar-refractivity contribution in [3.8, 4) is 0 Å².